The molecule has 1 amide bonds. The van der Waals surface area contributed by atoms with Crippen molar-refractivity contribution in [3.8, 4) is 17.0 Å². The zero-order valence-electron chi connectivity index (χ0n) is 25.5. The van der Waals surface area contributed by atoms with Gasteiger partial charge in [0.25, 0.3) is 6.43 Å². The molecule has 3 aliphatic rings. The lowest BCUT2D eigenvalue weighted by molar-refractivity contribution is -0.135. The fourth-order valence-electron chi connectivity index (χ4n) is 6.37. The SMILES string of the molecule is O=C(CO)N1CCC(Oc2ccc(/C3=C/CCCC=Nc4[nH]c(-c5ccc(N6CCN(CC(F)F)CC6)cc5)cc43)cc2)CC1. The van der Waals surface area contributed by atoms with Crippen LogP contribution in [0.15, 0.2) is 65.7 Å². The van der Waals surface area contributed by atoms with Crippen molar-refractivity contribution in [2.24, 2.45) is 4.99 Å². The van der Waals surface area contributed by atoms with E-state index in [0.717, 1.165) is 90.4 Å². The highest BCUT2D eigenvalue weighted by Crippen LogP contribution is 2.37. The number of rotatable bonds is 8. The Kier molecular flexibility index (Phi) is 9.91. The Morgan fingerprint density at radius 1 is 0.956 bits per heavy atom. The Morgan fingerprint density at radius 2 is 1.67 bits per heavy atom. The second kappa shape index (κ2) is 14.4. The number of anilines is 1. The van der Waals surface area contributed by atoms with E-state index >= 15 is 0 Å². The van der Waals surface area contributed by atoms with Crippen LogP contribution in [0.25, 0.3) is 16.8 Å². The number of hydrogen-bond acceptors (Lipinski definition) is 6. The third-order valence-electron chi connectivity index (χ3n) is 8.90. The number of H-pyrrole nitrogens is 1. The molecule has 0 spiro atoms. The Morgan fingerprint density at radius 3 is 2.36 bits per heavy atom. The van der Waals surface area contributed by atoms with Crippen molar-refractivity contribution in [1.82, 2.24) is 14.8 Å². The molecule has 0 atom stereocenters. The molecule has 45 heavy (non-hydrogen) atoms. The number of piperidine rings is 1. The van der Waals surface area contributed by atoms with E-state index < -0.39 is 13.0 Å². The maximum atomic E-state index is 12.8. The van der Waals surface area contributed by atoms with Crippen LogP contribution in [-0.2, 0) is 4.79 Å². The van der Waals surface area contributed by atoms with Gasteiger partial charge in [-0.15, -0.1) is 0 Å². The largest absolute Gasteiger partial charge is 0.490 e. The standard InChI is InChI=1S/C35H41F2N5O3/c36-33(37)23-40-18-20-41(21-19-40)27-9-5-26(6-10-27)32-22-31-30(4-2-1-3-15-38-35(31)39-32)25-7-11-28(12-8-25)45-29-13-16-42(17-14-29)34(44)24-43/h4-12,15,22,29,33,39,43H,1-3,13-14,16-21,23-24H2/b30-4-,38-15?. The number of aromatic nitrogens is 1. The third kappa shape index (κ3) is 7.62. The highest BCUT2D eigenvalue weighted by molar-refractivity contribution is 5.88. The van der Waals surface area contributed by atoms with Gasteiger partial charge in [0, 0.05) is 75.3 Å². The van der Waals surface area contributed by atoms with Crippen LogP contribution in [0.1, 0.15) is 43.2 Å². The van der Waals surface area contributed by atoms with E-state index in [0.29, 0.717) is 26.2 Å². The van der Waals surface area contributed by atoms with Gasteiger partial charge >= 0.3 is 0 Å². The molecule has 0 saturated carbocycles. The number of nitrogens with one attached hydrogen (secondary N) is 1. The van der Waals surface area contributed by atoms with Gasteiger partial charge in [-0.3, -0.25) is 9.69 Å². The number of allylic oxidation sites excluding steroid dienone is 1. The minimum absolute atomic E-state index is 0.0392. The lowest BCUT2D eigenvalue weighted by Gasteiger charge is -2.35. The molecule has 0 radical (unpaired) electrons. The second-order valence-corrected chi connectivity index (χ2v) is 11.9. The number of ether oxygens (including phenoxy) is 1. The number of aromatic amines is 1. The molecule has 6 rings (SSSR count). The molecule has 2 N–H and O–H groups in total. The van der Waals surface area contributed by atoms with Crippen LogP contribution in [0.5, 0.6) is 5.75 Å². The number of carbonyl (C=O) groups is 1. The van der Waals surface area contributed by atoms with E-state index in [1.165, 1.54) is 0 Å². The molecule has 0 unspecified atom stereocenters. The van der Waals surface area contributed by atoms with Gasteiger partial charge < -0.3 is 24.6 Å². The molecule has 3 aliphatic heterocycles. The van der Waals surface area contributed by atoms with Gasteiger partial charge in [-0.05, 0) is 66.3 Å². The molecule has 2 aromatic carbocycles. The molecule has 4 heterocycles. The van der Waals surface area contributed by atoms with Gasteiger partial charge in [0.2, 0.25) is 5.91 Å². The molecule has 10 heteroatoms. The predicted octanol–water partition coefficient (Wildman–Crippen LogP) is 5.75. The zero-order valence-corrected chi connectivity index (χ0v) is 25.5. The number of aliphatic hydroxyl groups excluding tert-OH is 1. The highest BCUT2D eigenvalue weighted by atomic mass is 19.3. The van der Waals surface area contributed by atoms with Crippen LogP contribution in [-0.4, -0.2) is 97.0 Å². The topological polar surface area (TPSA) is 84.4 Å². The molecule has 1 aromatic heterocycles. The molecule has 3 aromatic rings. The summed E-state index contributed by atoms with van der Waals surface area (Å²) in [7, 11) is 0. The van der Waals surface area contributed by atoms with Crippen LogP contribution in [0, 0.1) is 0 Å². The first kappa shape index (κ1) is 31.0. The van der Waals surface area contributed by atoms with E-state index in [9.17, 15) is 13.6 Å². The monoisotopic (exact) mass is 617 g/mol. The number of hydrogen-bond donors (Lipinski definition) is 2. The van der Waals surface area contributed by atoms with E-state index in [1.807, 2.05) is 23.2 Å². The Balaban J connectivity index is 1.15. The number of nitrogens with zero attached hydrogens (tertiary/aromatic N) is 4. The van der Waals surface area contributed by atoms with Crippen molar-refractivity contribution >= 4 is 29.2 Å². The van der Waals surface area contributed by atoms with E-state index in [4.69, 9.17) is 14.8 Å². The molecular weight excluding hydrogens is 576 g/mol. The van der Waals surface area contributed by atoms with Crippen molar-refractivity contribution in [2.45, 2.75) is 44.6 Å². The van der Waals surface area contributed by atoms with Crippen LogP contribution in [0.4, 0.5) is 20.3 Å². The quantitative estimate of drug-likeness (QED) is 0.337. The number of aliphatic imine (C=N–C) groups is 1. The summed E-state index contributed by atoms with van der Waals surface area (Å²) >= 11 is 0. The Labute approximate surface area is 263 Å². The first-order valence-electron chi connectivity index (χ1n) is 15.9. The van der Waals surface area contributed by atoms with E-state index in [2.05, 4.69) is 58.4 Å². The molecule has 8 nitrogen and oxygen atoms in total. The summed E-state index contributed by atoms with van der Waals surface area (Å²) < 4.78 is 31.8. The van der Waals surface area contributed by atoms with Crippen LogP contribution in [0.2, 0.25) is 0 Å². The fraction of sp³-hybridized carbons (Fsp3) is 0.429. The van der Waals surface area contributed by atoms with Gasteiger partial charge in [-0.1, -0.05) is 30.3 Å². The van der Waals surface area contributed by atoms with Crippen molar-refractivity contribution in [3.05, 3.63) is 71.8 Å². The molecular formula is C35H41F2N5O3. The zero-order chi connectivity index (χ0) is 31.2. The first-order valence-corrected chi connectivity index (χ1v) is 15.9. The normalized spacial score (nSPS) is 19.4. The lowest BCUT2D eigenvalue weighted by Crippen LogP contribution is -2.47. The average Bonchev–Trinajstić information content (AvgIpc) is 3.51. The van der Waals surface area contributed by atoms with Crippen molar-refractivity contribution < 1.29 is 23.4 Å². The number of benzene rings is 2. The fourth-order valence-corrected chi connectivity index (χ4v) is 6.37. The summed E-state index contributed by atoms with van der Waals surface area (Å²) in [5.41, 5.74) is 6.43. The van der Waals surface area contributed by atoms with Crippen molar-refractivity contribution in [3.63, 3.8) is 0 Å². The molecule has 0 aliphatic carbocycles. The number of amides is 1. The van der Waals surface area contributed by atoms with Gasteiger partial charge in [-0.25, -0.2) is 13.8 Å². The van der Waals surface area contributed by atoms with Crippen molar-refractivity contribution in [2.75, 3.05) is 57.3 Å². The summed E-state index contributed by atoms with van der Waals surface area (Å²) in [6.07, 6.45) is 6.40. The summed E-state index contributed by atoms with van der Waals surface area (Å²) in [4.78, 5) is 25.9. The van der Waals surface area contributed by atoms with Gasteiger partial charge in [0.05, 0.1) is 6.54 Å². The number of fused-ring (bicyclic) bond motifs is 1. The summed E-state index contributed by atoms with van der Waals surface area (Å²) in [6.45, 7) is 3.34. The predicted molar refractivity (Wildman–Crippen MR) is 174 cm³/mol. The number of piperazine rings is 1. The van der Waals surface area contributed by atoms with Crippen LogP contribution in [0.3, 0.4) is 0 Å². The van der Waals surface area contributed by atoms with Crippen LogP contribution < -0.4 is 9.64 Å². The van der Waals surface area contributed by atoms with E-state index in [1.54, 1.807) is 4.90 Å². The minimum Gasteiger partial charge on any atom is -0.490 e. The number of alkyl halides is 2. The number of likely N-dealkylation sites (tertiary alicyclic amines) is 1. The van der Waals surface area contributed by atoms with Gasteiger partial charge in [0.15, 0.2) is 0 Å². The van der Waals surface area contributed by atoms with Gasteiger partial charge in [-0.2, -0.15) is 0 Å². The number of carbonyl (C=O) groups excluding carboxylic acids is 1. The summed E-state index contributed by atoms with van der Waals surface area (Å²) in [5, 5.41) is 9.12. The number of aliphatic hydroxyl groups is 1. The molecule has 2 saturated heterocycles. The van der Waals surface area contributed by atoms with Gasteiger partial charge in [0.1, 0.15) is 24.3 Å². The minimum atomic E-state index is -2.29. The smallest absolute Gasteiger partial charge is 0.251 e. The lowest BCUT2D eigenvalue weighted by atomic mass is 9.97. The van der Waals surface area contributed by atoms with Crippen molar-refractivity contribution in [1.29, 1.82) is 0 Å². The first-order chi connectivity index (χ1) is 22.0. The average molecular weight is 618 g/mol. The highest BCUT2D eigenvalue weighted by Gasteiger charge is 2.24. The summed E-state index contributed by atoms with van der Waals surface area (Å²) in [6, 6.07) is 18.8. The molecule has 2 fully saturated rings. The maximum Gasteiger partial charge on any atom is 0.251 e. The summed E-state index contributed by atoms with van der Waals surface area (Å²) in [5.74, 6) is 1.41. The van der Waals surface area contributed by atoms with E-state index in [-0.39, 0.29) is 18.6 Å². The second-order valence-electron chi connectivity index (χ2n) is 11.9. The molecule has 238 valence electrons. The molecule has 0 bridgehead atoms. The Bertz CT molecular complexity index is 1490. The Hall–Kier alpha value is -4.02. The maximum absolute atomic E-state index is 12.8. The van der Waals surface area contributed by atoms with Crippen LogP contribution >= 0.6 is 0 Å². The number of halogens is 2. The third-order valence-corrected chi connectivity index (χ3v) is 8.90.